The number of carbonyl (C=O) groups is 1. The molecule has 0 aliphatic heterocycles. The molecule has 86 valence electrons. The number of hydrogen-bond donors (Lipinski definition) is 1. The Hall–Kier alpha value is -2.29. The Kier molecular flexibility index (Phi) is 3.76. The molecule has 2 aromatic carbocycles. The molecule has 0 saturated heterocycles. The highest BCUT2D eigenvalue weighted by Crippen LogP contribution is 2.09. The second-order valence-electron chi connectivity index (χ2n) is 3.52. The maximum absolute atomic E-state index is 11.5. The van der Waals surface area contributed by atoms with E-state index < -0.39 is 0 Å². The average molecular weight is 227 g/mol. The zero-order valence-corrected chi connectivity index (χ0v) is 9.30. The maximum Gasteiger partial charge on any atom is 0.262 e. The highest BCUT2D eigenvalue weighted by molar-refractivity contribution is 5.91. The lowest BCUT2D eigenvalue weighted by atomic mass is 10.3. The van der Waals surface area contributed by atoms with Crippen LogP contribution >= 0.6 is 0 Å². The molecule has 1 amide bonds. The minimum atomic E-state index is -0.167. The molecular formula is C14H13NO2. The number of benzene rings is 2. The Morgan fingerprint density at radius 3 is 2.18 bits per heavy atom. The van der Waals surface area contributed by atoms with Crippen LogP contribution in [0.2, 0.25) is 0 Å². The fraction of sp³-hybridized carbons (Fsp3) is 0.0714. The van der Waals surface area contributed by atoms with Crippen LogP contribution in [0.3, 0.4) is 0 Å². The van der Waals surface area contributed by atoms with Crippen molar-refractivity contribution in [3.63, 3.8) is 0 Å². The zero-order chi connectivity index (χ0) is 11.9. The molecule has 0 aliphatic rings. The lowest BCUT2D eigenvalue weighted by Crippen LogP contribution is -2.19. The third kappa shape index (κ3) is 3.65. The van der Waals surface area contributed by atoms with Crippen molar-refractivity contribution in [3.8, 4) is 5.75 Å². The van der Waals surface area contributed by atoms with Crippen molar-refractivity contribution < 1.29 is 9.53 Å². The van der Waals surface area contributed by atoms with E-state index in [0.29, 0.717) is 5.75 Å². The van der Waals surface area contributed by atoms with Gasteiger partial charge < -0.3 is 10.1 Å². The minimum absolute atomic E-state index is 0.0128. The third-order valence-corrected chi connectivity index (χ3v) is 2.17. The Bertz CT molecular complexity index is 468. The van der Waals surface area contributed by atoms with Gasteiger partial charge in [-0.25, -0.2) is 0 Å². The lowest BCUT2D eigenvalue weighted by molar-refractivity contribution is -0.118. The van der Waals surface area contributed by atoms with E-state index in [1.807, 2.05) is 60.7 Å². The van der Waals surface area contributed by atoms with E-state index >= 15 is 0 Å². The van der Waals surface area contributed by atoms with Gasteiger partial charge in [0.15, 0.2) is 6.61 Å². The average Bonchev–Trinajstić information content (AvgIpc) is 2.39. The molecule has 3 nitrogen and oxygen atoms in total. The Morgan fingerprint density at radius 1 is 0.941 bits per heavy atom. The van der Waals surface area contributed by atoms with Crippen molar-refractivity contribution in [2.75, 3.05) is 11.9 Å². The minimum Gasteiger partial charge on any atom is -0.484 e. The normalized spacial score (nSPS) is 9.65. The summed E-state index contributed by atoms with van der Waals surface area (Å²) in [6.45, 7) is 0.0128. The van der Waals surface area contributed by atoms with Gasteiger partial charge in [0.1, 0.15) is 5.75 Å². The Labute approximate surface area is 100 Å². The Balaban J connectivity index is 1.83. The van der Waals surface area contributed by atoms with Gasteiger partial charge in [-0.3, -0.25) is 4.79 Å². The van der Waals surface area contributed by atoms with Gasteiger partial charge in [-0.15, -0.1) is 0 Å². The quantitative estimate of drug-likeness (QED) is 0.872. The smallest absolute Gasteiger partial charge is 0.262 e. The number of nitrogens with one attached hydrogen (secondary N) is 1. The van der Waals surface area contributed by atoms with Gasteiger partial charge in [0, 0.05) is 5.69 Å². The number of amides is 1. The van der Waals surface area contributed by atoms with E-state index in [9.17, 15) is 4.79 Å². The summed E-state index contributed by atoms with van der Waals surface area (Å²) in [4.78, 5) is 11.5. The van der Waals surface area contributed by atoms with E-state index in [1.165, 1.54) is 0 Å². The van der Waals surface area contributed by atoms with E-state index in [2.05, 4.69) is 5.32 Å². The standard InChI is InChI=1S/C14H13NO2/c16-14(15-12-7-3-1-4-8-12)11-17-13-9-5-2-6-10-13/h1-10H,11H2,(H,15,16). The summed E-state index contributed by atoms with van der Waals surface area (Å²) in [5.41, 5.74) is 0.772. The zero-order valence-electron chi connectivity index (χ0n) is 9.30. The molecular weight excluding hydrogens is 214 g/mol. The van der Waals surface area contributed by atoms with Crippen LogP contribution in [-0.4, -0.2) is 12.5 Å². The largest absolute Gasteiger partial charge is 0.484 e. The molecule has 17 heavy (non-hydrogen) atoms. The maximum atomic E-state index is 11.5. The molecule has 0 aliphatic carbocycles. The van der Waals surface area contributed by atoms with Crippen LogP contribution in [0, 0.1) is 0 Å². The topological polar surface area (TPSA) is 38.3 Å². The number of ether oxygens (including phenoxy) is 1. The summed E-state index contributed by atoms with van der Waals surface area (Å²) in [6, 6.07) is 18.6. The molecule has 0 saturated carbocycles. The molecule has 0 heterocycles. The first-order valence-corrected chi connectivity index (χ1v) is 5.37. The van der Waals surface area contributed by atoms with Gasteiger partial charge in [-0.2, -0.15) is 0 Å². The number of anilines is 1. The summed E-state index contributed by atoms with van der Waals surface area (Å²) >= 11 is 0. The highest BCUT2D eigenvalue weighted by atomic mass is 16.5. The van der Waals surface area contributed by atoms with Crippen molar-refractivity contribution in [3.05, 3.63) is 60.7 Å². The second-order valence-corrected chi connectivity index (χ2v) is 3.52. The molecule has 2 aromatic rings. The Morgan fingerprint density at radius 2 is 1.53 bits per heavy atom. The summed E-state index contributed by atoms with van der Waals surface area (Å²) in [5.74, 6) is 0.524. The van der Waals surface area contributed by atoms with Crippen molar-refractivity contribution in [2.24, 2.45) is 0 Å². The first-order valence-electron chi connectivity index (χ1n) is 5.37. The van der Waals surface area contributed by atoms with Gasteiger partial charge in [-0.05, 0) is 24.3 Å². The number of hydrogen-bond acceptors (Lipinski definition) is 2. The molecule has 0 fully saturated rings. The van der Waals surface area contributed by atoms with Crippen LogP contribution in [0.1, 0.15) is 0 Å². The van der Waals surface area contributed by atoms with Crippen LogP contribution < -0.4 is 10.1 Å². The molecule has 0 bridgehead atoms. The molecule has 3 heteroatoms. The molecule has 2 rings (SSSR count). The summed E-state index contributed by atoms with van der Waals surface area (Å²) < 4.78 is 5.33. The van der Waals surface area contributed by atoms with Crippen molar-refractivity contribution in [1.82, 2.24) is 0 Å². The number of para-hydroxylation sites is 2. The van der Waals surface area contributed by atoms with Gasteiger partial charge in [-0.1, -0.05) is 36.4 Å². The van der Waals surface area contributed by atoms with Gasteiger partial charge in [0.25, 0.3) is 5.91 Å². The molecule has 0 atom stereocenters. The van der Waals surface area contributed by atoms with Crippen LogP contribution in [-0.2, 0) is 4.79 Å². The summed E-state index contributed by atoms with van der Waals surface area (Å²) in [6.07, 6.45) is 0. The molecule has 0 unspecified atom stereocenters. The van der Waals surface area contributed by atoms with Gasteiger partial charge >= 0.3 is 0 Å². The predicted octanol–water partition coefficient (Wildman–Crippen LogP) is 2.70. The van der Waals surface area contributed by atoms with Crippen LogP contribution in [0.4, 0.5) is 5.69 Å². The predicted molar refractivity (Wildman–Crippen MR) is 67.0 cm³/mol. The van der Waals surface area contributed by atoms with E-state index in [-0.39, 0.29) is 12.5 Å². The van der Waals surface area contributed by atoms with E-state index in [4.69, 9.17) is 4.74 Å². The summed E-state index contributed by atoms with van der Waals surface area (Å²) in [7, 11) is 0. The third-order valence-electron chi connectivity index (χ3n) is 2.17. The molecule has 0 spiro atoms. The first-order chi connectivity index (χ1) is 8.34. The van der Waals surface area contributed by atoms with Crippen molar-refractivity contribution >= 4 is 11.6 Å². The van der Waals surface area contributed by atoms with E-state index in [0.717, 1.165) is 5.69 Å². The fourth-order valence-corrected chi connectivity index (χ4v) is 1.38. The SMILES string of the molecule is O=C(COc1ccccc1)Nc1ccccc1. The van der Waals surface area contributed by atoms with Crippen molar-refractivity contribution in [2.45, 2.75) is 0 Å². The second kappa shape index (κ2) is 5.70. The number of carbonyl (C=O) groups excluding carboxylic acids is 1. The van der Waals surface area contributed by atoms with Crippen LogP contribution in [0.25, 0.3) is 0 Å². The molecule has 1 N–H and O–H groups in total. The highest BCUT2D eigenvalue weighted by Gasteiger charge is 2.02. The van der Waals surface area contributed by atoms with Crippen LogP contribution in [0.5, 0.6) is 5.75 Å². The van der Waals surface area contributed by atoms with Crippen LogP contribution in [0.15, 0.2) is 60.7 Å². The lowest BCUT2D eigenvalue weighted by Gasteiger charge is -2.06. The monoisotopic (exact) mass is 227 g/mol. The molecule has 0 radical (unpaired) electrons. The molecule has 0 aromatic heterocycles. The fourth-order valence-electron chi connectivity index (χ4n) is 1.38. The van der Waals surface area contributed by atoms with Crippen molar-refractivity contribution in [1.29, 1.82) is 0 Å². The van der Waals surface area contributed by atoms with E-state index in [1.54, 1.807) is 0 Å². The summed E-state index contributed by atoms with van der Waals surface area (Å²) in [5, 5.41) is 2.75. The van der Waals surface area contributed by atoms with Gasteiger partial charge in [0.2, 0.25) is 0 Å². The number of rotatable bonds is 4. The van der Waals surface area contributed by atoms with Gasteiger partial charge in [0.05, 0.1) is 0 Å². The first kappa shape index (κ1) is 11.2.